The van der Waals surface area contributed by atoms with Gasteiger partial charge in [-0.15, -0.1) is 0 Å². The van der Waals surface area contributed by atoms with E-state index in [1.165, 1.54) is 0 Å². The van der Waals surface area contributed by atoms with Gasteiger partial charge in [-0.25, -0.2) is 0 Å². The van der Waals surface area contributed by atoms with Crippen molar-refractivity contribution in [3.05, 3.63) is 108 Å². The van der Waals surface area contributed by atoms with Gasteiger partial charge in [-0.2, -0.15) is 0 Å². The van der Waals surface area contributed by atoms with Gasteiger partial charge >= 0.3 is 0 Å². The Morgan fingerprint density at radius 3 is 1.64 bits per heavy atom. The molecule has 1 aliphatic heterocycles. The summed E-state index contributed by atoms with van der Waals surface area (Å²) in [4.78, 5) is 15.5. The second-order valence-electron chi connectivity index (χ2n) is 7.31. The Bertz CT molecular complexity index is 866. The van der Waals surface area contributed by atoms with Crippen molar-refractivity contribution >= 4 is 5.91 Å². The summed E-state index contributed by atoms with van der Waals surface area (Å²) in [6.07, 6.45) is -0.568. The standard InChI is InChI=1S/C25H25NO2/c1-18(20-12-6-3-7-13-20)26(19(2)21-14-8-4-9-15-21)25(27)24-23(28-24)22-16-10-5-11-17-22/h3-19,23-24H,1-2H3/t18-,19-,23-,24+/m0/s1. The summed E-state index contributed by atoms with van der Waals surface area (Å²) >= 11 is 0. The smallest absolute Gasteiger partial charge is 0.255 e. The molecule has 0 saturated carbocycles. The molecule has 142 valence electrons. The minimum Gasteiger partial charge on any atom is -0.354 e. The predicted molar refractivity (Wildman–Crippen MR) is 111 cm³/mol. The molecule has 1 saturated heterocycles. The van der Waals surface area contributed by atoms with Crippen LogP contribution < -0.4 is 0 Å². The number of carbonyl (C=O) groups excluding carboxylic acids is 1. The molecule has 0 unspecified atom stereocenters. The molecule has 3 heteroatoms. The van der Waals surface area contributed by atoms with Gasteiger partial charge in [0.15, 0.2) is 6.10 Å². The van der Waals surface area contributed by atoms with E-state index in [1.54, 1.807) is 0 Å². The first-order valence-corrected chi connectivity index (χ1v) is 9.79. The monoisotopic (exact) mass is 371 g/mol. The van der Waals surface area contributed by atoms with Crippen LogP contribution in [0.15, 0.2) is 91.0 Å². The van der Waals surface area contributed by atoms with E-state index in [0.29, 0.717) is 0 Å². The van der Waals surface area contributed by atoms with Crippen LogP contribution in [0.1, 0.15) is 48.7 Å². The van der Waals surface area contributed by atoms with Gasteiger partial charge in [-0.05, 0) is 30.5 Å². The molecule has 0 bridgehead atoms. The fourth-order valence-electron chi connectivity index (χ4n) is 3.84. The number of hydrogen-bond donors (Lipinski definition) is 0. The second-order valence-corrected chi connectivity index (χ2v) is 7.31. The molecule has 3 nitrogen and oxygen atoms in total. The lowest BCUT2D eigenvalue weighted by Crippen LogP contribution is -2.38. The summed E-state index contributed by atoms with van der Waals surface area (Å²) in [5.41, 5.74) is 3.30. The minimum atomic E-state index is -0.417. The Hall–Kier alpha value is -2.91. The highest BCUT2D eigenvalue weighted by molar-refractivity contribution is 5.85. The molecule has 1 fully saturated rings. The largest absolute Gasteiger partial charge is 0.354 e. The molecular weight excluding hydrogens is 346 g/mol. The van der Waals surface area contributed by atoms with Crippen LogP contribution in [0.3, 0.4) is 0 Å². The van der Waals surface area contributed by atoms with Crippen molar-refractivity contribution in [2.24, 2.45) is 0 Å². The molecule has 4 atom stereocenters. The molecule has 28 heavy (non-hydrogen) atoms. The summed E-state index contributed by atoms with van der Waals surface area (Å²) in [5.74, 6) is 0.0431. The quantitative estimate of drug-likeness (QED) is 0.538. The minimum absolute atomic E-state index is 0.0431. The topological polar surface area (TPSA) is 32.8 Å². The highest BCUT2D eigenvalue weighted by Crippen LogP contribution is 2.42. The van der Waals surface area contributed by atoms with Gasteiger partial charge in [0.25, 0.3) is 5.91 Å². The van der Waals surface area contributed by atoms with Crippen molar-refractivity contribution in [3.8, 4) is 0 Å². The average molecular weight is 371 g/mol. The van der Waals surface area contributed by atoms with E-state index in [1.807, 2.05) is 71.6 Å². The zero-order valence-electron chi connectivity index (χ0n) is 16.2. The van der Waals surface area contributed by atoms with Crippen LogP contribution in [0.25, 0.3) is 0 Å². The summed E-state index contributed by atoms with van der Waals surface area (Å²) in [6.45, 7) is 4.18. The van der Waals surface area contributed by atoms with Crippen LogP contribution in [0.5, 0.6) is 0 Å². The van der Waals surface area contributed by atoms with Crippen molar-refractivity contribution < 1.29 is 9.53 Å². The van der Waals surface area contributed by atoms with E-state index in [9.17, 15) is 4.79 Å². The molecule has 0 spiro atoms. The van der Waals surface area contributed by atoms with E-state index in [-0.39, 0.29) is 24.1 Å². The van der Waals surface area contributed by atoms with Crippen molar-refractivity contribution in [3.63, 3.8) is 0 Å². The number of rotatable bonds is 6. The summed E-state index contributed by atoms with van der Waals surface area (Å²) in [5, 5.41) is 0. The Balaban J connectivity index is 1.62. The number of amides is 1. The molecule has 1 heterocycles. The van der Waals surface area contributed by atoms with Crippen LogP contribution in [0.4, 0.5) is 0 Å². The first-order valence-electron chi connectivity index (χ1n) is 9.79. The van der Waals surface area contributed by atoms with Crippen LogP contribution >= 0.6 is 0 Å². The maximum Gasteiger partial charge on any atom is 0.255 e. The highest BCUT2D eigenvalue weighted by Gasteiger charge is 2.49. The molecule has 0 radical (unpaired) electrons. The van der Waals surface area contributed by atoms with E-state index in [0.717, 1.165) is 16.7 Å². The van der Waals surface area contributed by atoms with E-state index < -0.39 is 6.10 Å². The second kappa shape index (κ2) is 7.99. The van der Waals surface area contributed by atoms with E-state index >= 15 is 0 Å². The number of ether oxygens (including phenoxy) is 1. The Morgan fingerprint density at radius 2 is 1.18 bits per heavy atom. The number of hydrogen-bond acceptors (Lipinski definition) is 2. The van der Waals surface area contributed by atoms with E-state index in [2.05, 4.69) is 38.1 Å². The molecule has 3 aromatic carbocycles. The van der Waals surface area contributed by atoms with Gasteiger partial charge in [0.2, 0.25) is 0 Å². The van der Waals surface area contributed by atoms with Crippen LogP contribution in [-0.2, 0) is 9.53 Å². The lowest BCUT2D eigenvalue weighted by Gasteiger charge is -2.35. The normalized spacial score (nSPS) is 20.2. The first-order chi connectivity index (χ1) is 13.7. The number of benzene rings is 3. The van der Waals surface area contributed by atoms with Crippen molar-refractivity contribution in [1.82, 2.24) is 4.90 Å². The Morgan fingerprint density at radius 1 is 0.750 bits per heavy atom. The van der Waals surface area contributed by atoms with Crippen LogP contribution in [0.2, 0.25) is 0 Å². The van der Waals surface area contributed by atoms with Crippen LogP contribution in [-0.4, -0.2) is 16.9 Å². The summed E-state index contributed by atoms with van der Waals surface area (Å²) < 4.78 is 5.83. The van der Waals surface area contributed by atoms with Gasteiger partial charge < -0.3 is 9.64 Å². The first kappa shape index (κ1) is 18.5. The highest BCUT2D eigenvalue weighted by atomic mass is 16.6. The molecule has 0 N–H and O–H groups in total. The van der Waals surface area contributed by atoms with Crippen molar-refractivity contribution in [1.29, 1.82) is 0 Å². The SMILES string of the molecule is C[C@@H](c1ccccc1)N(C(=O)[C@@H]1O[C@H]1c1ccccc1)[C@@H](C)c1ccccc1. The third-order valence-corrected chi connectivity index (χ3v) is 5.52. The summed E-state index contributed by atoms with van der Waals surface area (Å²) in [7, 11) is 0. The lowest BCUT2D eigenvalue weighted by molar-refractivity contribution is -0.137. The zero-order valence-corrected chi connectivity index (χ0v) is 16.2. The van der Waals surface area contributed by atoms with Gasteiger partial charge in [0.1, 0.15) is 6.10 Å². The van der Waals surface area contributed by atoms with Gasteiger partial charge in [-0.1, -0.05) is 91.0 Å². The predicted octanol–water partition coefficient (Wildman–Crippen LogP) is 5.48. The number of epoxide rings is 1. The van der Waals surface area contributed by atoms with Crippen molar-refractivity contribution in [2.45, 2.75) is 38.1 Å². The van der Waals surface area contributed by atoms with Gasteiger partial charge in [-0.3, -0.25) is 4.79 Å². The Kier molecular flexibility index (Phi) is 5.27. The molecule has 0 aromatic heterocycles. The number of nitrogens with zero attached hydrogens (tertiary/aromatic N) is 1. The molecular formula is C25H25NO2. The molecule has 0 aliphatic carbocycles. The van der Waals surface area contributed by atoms with Gasteiger partial charge in [0.05, 0.1) is 12.1 Å². The third kappa shape index (κ3) is 3.71. The van der Waals surface area contributed by atoms with Crippen LogP contribution in [0, 0.1) is 0 Å². The van der Waals surface area contributed by atoms with E-state index in [4.69, 9.17) is 4.74 Å². The summed E-state index contributed by atoms with van der Waals surface area (Å²) in [6, 6.07) is 30.2. The molecule has 4 rings (SSSR count). The molecule has 1 aliphatic rings. The van der Waals surface area contributed by atoms with Gasteiger partial charge in [0, 0.05) is 0 Å². The Labute approximate surface area is 166 Å². The number of carbonyl (C=O) groups is 1. The van der Waals surface area contributed by atoms with Crippen molar-refractivity contribution in [2.75, 3.05) is 0 Å². The lowest BCUT2D eigenvalue weighted by atomic mass is 9.99. The fraction of sp³-hybridized carbons (Fsp3) is 0.240. The average Bonchev–Trinajstić information content (AvgIpc) is 3.56. The third-order valence-electron chi connectivity index (χ3n) is 5.52. The fourth-order valence-corrected chi connectivity index (χ4v) is 3.84. The molecule has 3 aromatic rings. The maximum absolute atomic E-state index is 13.5. The zero-order chi connectivity index (χ0) is 19.5. The molecule has 1 amide bonds. The maximum atomic E-state index is 13.5.